The fourth-order valence-electron chi connectivity index (χ4n) is 3.00. The van der Waals surface area contributed by atoms with Gasteiger partial charge in [0.1, 0.15) is 17.8 Å². The lowest BCUT2D eigenvalue weighted by Crippen LogP contribution is -2.50. The molecule has 0 aliphatic carbocycles. The summed E-state index contributed by atoms with van der Waals surface area (Å²) in [6.07, 6.45) is 4.16. The number of anilines is 1. The molecule has 1 aliphatic heterocycles. The van der Waals surface area contributed by atoms with Crippen molar-refractivity contribution in [2.45, 2.75) is 19.4 Å². The Morgan fingerprint density at radius 1 is 1.42 bits per heavy atom. The van der Waals surface area contributed by atoms with Crippen LogP contribution < -0.4 is 10.6 Å². The minimum atomic E-state index is -3.23. The molecule has 0 radical (unpaired) electrons. The van der Waals surface area contributed by atoms with Gasteiger partial charge in [-0.2, -0.15) is 4.31 Å². The Bertz CT molecular complexity index is 790. The number of hydrogen-bond acceptors (Lipinski definition) is 6. The number of H-pyrrole nitrogens is 1. The van der Waals surface area contributed by atoms with Crippen LogP contribution in [0.2, 0.25) is 0 Å². The first kappa shape index (κ1) is 17.1. The molecular formula is C15H24N6O2S. The molecule has 24 heavy (non-hydrogen) atoms. The minimum Gasteiger partial charge on any atom is -0.365 e. The fraction of sp³-hybridized carbons (Fsp3) is 0.600. The van der Waals surface area contributed by atoms with E-state index in [0.29, 0.717) is 25.6 Å². The summed E-state index contributed by atoms with van der Waals surface area (Å²) in [6.45, 7) is 3.64. The van der Waals surface area contributed by atoms with Crippen LogP contribution in [-0.4, -0.2) is 66.2 Å². The smallest absolute Gasteiger partial charge is 0.215 e. The Hall–Kier alpha value is -1.71. The summed E-state index contributed by atoms with van der Waals surface area (Å²) in [5, 5.41) is 7.24. The molecule has 9 heteroatoms. The van der Waals surface area contributed by atoms with Gasteiger partial charge in [0, 0.05) is 31.9 Å². The maximum absolute atomic E-state index is 12.4. The molecule has 2 aromatic heterocycles. The number of fused-ring (bicyclic) bond motifs is 1. The van der Waals surface area contributed by atoms with Crippen LogP contribution in [0.4, 0.5) is 5.82 Å². The Kier molecular flexibility index (Phi) is 5.02. The van der Waals surface area contributed by atoms with E-state index in [2.05, 4.69) is 32.5 Å². The average molecular weight is 352 g/mol. The van der Waals surface area contributed by atoms with E-state index in [1.54, 1.807) is 11.4 Å². The molecule has 2 atom stereocenters. The molecule has 0 spiro atoms. The zero-order valence-corrected chi connectivity index (χ0v) is 14.8. The molecule has 0 aromatic carbocycles. The van der Waals surface area contributed by atoms with Gasteiger partial charge < -0.3 is 15.6 Å². The summed E-state index contributed by atoms with van der Waals surface area (Å²) < 4.78 is 26.5. The molecule has 2 aromatic rings. The lowest BCUT2D eigenvalue weighted by Gasteiger charge is -2.37. The van der Waals surface area contributed by atoms with E-state index in [1.807, 2.05) is 12.3 Å². The molecule has 132 valence electrons. The van der Waals surface area contributed by atoms with Gasteiger partial charge in [-0.3, -0.25) is 0 Å². The number of nitrogens with zero attached hydrogens (tertiary/aromatic N) is 3. The predicted octanol–water partition coefficient (Wildman–Crippen LogP) is 0.629. The van der Waals surface area contributed by atoms with E-state index >= 15 is 0 Å². The molecule has 0 amide bonds. The van der Waals surface area contributed by atoms with Gasteiger partial charge in [-0.15, -0.1) is 0 Å². The maximum atomic E-state index is 12.4. The predicted molar refractivity (Wildman–Crippen MR) is 94.4 cm³/mol. The maximum Gasteiger partial charge on any atom is 0.215 e. The van der Waals surface area contributed by atoms with Gasteiger partial charge in [-0.1, -0.05) is 6.92 Å². The highest BCUT2D eigenvalue weighted by Gasteiger charge is 2.32. The van der Waals surface area contributed by atoms with Gasteiger partial charge in [-0.25, -0.2) is 18.4 Å². The lowest BCUT2D eigenvalue weighted by atomic mass is 9.95. The van der Waals surface area contributed by atoms with Gasteiger partial charge in [0.15, 0.2) is 0 Å². The molecule has 1 saturated heterocycles. The standard InChI is InChI=1S/C15H24N6O2S/c1-11-4-7-21(24(22,23)8-6-16-2)9-13(11)20-15-12-3-5-17-14(12)18-10-19-15/h3,5,10-11,13,16H,4,6-9H2,1-2H3,(H2,17,18,19,20)/t11-,13+/m1/s1. The largest absolute Gasteiger partial charge is 0.365 e. The van der Waals surface area contributed by atoms with E-state index in [1.165, 1.54) is 6.33 Å². The molecular weight excluding hydrogens is 328 g/mol. The van der Waals surface area contributed by atoms with Crippen molar-refractivity contribution >= 4 is 26.9 Å². The first-order valence-electron chi connectivity index (χ1n) is 8.18. The van der Waals surface area contributed by atoms with E-state index in [4.69, 9.17) is 0 Å². The number of aromatic nitrogens is 3. The summed E-state index contributed by atoms with van der Waals surface area (Å²) in [7, 11) is -1.47. The second kappa shape index (κ2) is 7.04. The number of hydrogen-bond donors (Lipinski definition) is 3. The average Bonchev–Trinajstić information content (AvgIpc) is 3.04. The first-order valence-corrected chi connectivity index (χ1v) is 9.79. The highest BCUT2D eigenvalue weighted by atomic mass is 32.2. The Morgan fingerprint density at radius 3 is 3.04 bits per heavy atom. The van der Waals surface area contributed by atoms with Crippen molar-refractivity contribution in [3.63, 3.8) is 0 Å². The topological polar surface area (TPSA) is 103 Å². The van der Waals surface area contributed by atoms with Gasteiger partial charge >= 0.3 is 0 Å². The normalized spacial score (nSPS) is 22.8. The monoisotopic (exact) mass is 352 g/mol. The summed E-state index contributed by atoms with van der Waals surface area (Å²) in [4.78, 5) is 11.6. The Labute approximate surface area is 142 Å². The van der Waals surface area contributed by atoms with Crippen molar-refractivity contribution in [2.75, 3.05) is 37.8 Å². The summed E-state index contributed by atoms with van der Waals surface area (Å²) in [5.74, 6) is 1.23. The van der Waals surface area contributed by atoms with Crippen molar-refractivity contribution < 1.29 is 8.42 Å². The van der Waals surface area contributed by atoms with Crippen LogP contribution in [0.15, 0.2) is 18.6 Å². The summed E-state index contributed by atoms with van der Waals surface area (Å²) in [5.41, 5.74) is 0.773. The fourth-order valence-corrected chi connectivity index (χ4v) is 4.49. The van der Waals surface area contributed by atoms with Crippen molar-refractivity contribution in [3.8, 4) is 0 Å². The van der Waals surface area contributed by atoms with Gasteiger partial charge in [0.25, 0.3) is 0 Å². The van der Waals surface area contributed by atoms with Gasteiger partial charge in [0.2, 0.25) is 10.0 Å². The van der Waals surface area contributed by atoms with E-state index in [9.17, 15) is 8.42 Å². The summed E-state index contributed by atoms with van der Waals surface area (Å²) >= 11 is 0. The molecule has 8 nitrogen and oxygen atoms in total. The third-order valence-electron chi connectivity index (χ3n) is 4.60. The van der Waals surface area contributed by atoms with Crippen molar-refractivity contribution in [2.24, 2.45) is 5.92 Å². The van der Waals surface area contributed by atoms with Crippen LogP contribution >= 0.6 is 0 Å². The third kappa shape index (κ3) is 3.52. The lowest BCUT2D eigenvalue weighted by molar-refractivity contribution is 0.265. The van der Waals surface area contributed by atoms with Gasteiger partial charge in [-0.05, 0) is 25.5 Å². The molecule has 3 heterocycles. The quantitative estimate of drug-likeness (QED) is 0.705. The second-order valence-electron chi connectivity index (χ2n) is 6.26. The highest BCUT2D eigenvalue weighted by molar-refractivity contribution is 7.89. The second-order valence-corrected chi connectivity index (χ2v) is 8.35. The Morgan fingerprint density at radius 2 is 2.25 bits per heavy atom. The first-order chi connectivity index (χ1) is 11.5. The molecule has 0 bridgehead atoms. The number of rotatable bonds is 6. The molecule has 3 rings (SSSR count). The number of aromatic amines is 1. The molecule has 0 unspecified atom stereocenters. The van der Waals surface area contributed by atoms with Crippen LogP contribution in [0.1, 0.15) is 13.3 Å². The Balaban J connectivity index is 1.76. The number of sulfonamides is 1. The van der Waals surface area contributed by atoms with Crippen LogP contribution in [-0.2, 0) is 10.0 Å². The minimum absolute atomic E-state index is 0.0242. The zero-order valence-electron chi connectivity index (χ0n) is 14.0. The van der Waals surface area contributed by atoms with Crippen LogP contribution in [0.3, 0.4) is 0 Å². The summed E-state index contributed by atoms with van der Waals surface area (Å²) in [6, 6.07) is 1.95. The third-order valence-corrected chi connectivity index (χ3v) is 6.44. The van der Waals surface area contributed by atoms with Gasteiger partial charge in [0.05, 0.1) is 11.1 Å². The van der Waals surface area contributed by atoms with Crippen LogP contribution in [0.25, 0.3) is 11.0 Å². The zero-order chi connectivity index (χ0) is 17.2. The van der Waals surface area contributed by atoms with Crippen molar-refractivity contribution in [1.82, 2.24) is 24.6 Å². The molecule has 0 saturated carbocycles. The highest BCUT2D eigenvalue weighted by Crippen LogP contribution is 2.25. The molecule has 1 aliphatic rings. The van der Waals surface area contributed by atoms with Crippen LogP contribution in [0, 0.1) is 5.92 Å². The van der Waals surface area contributed by atoms with Crippen molar-refractivity contribution in [1.29, 1.82) is 0 Å². The molecule has 1 fully saturated rings. The van der Waals surface area contributed by atoms with E-state index < -0.39 is 10.0 Å². The molecule has 3 N–H and O–H groups in total. The van der Waals surface area contributed by atoms with Crippen LogP contribution in [0.5, 0.6) is 0 Å². The number of piperidine rings is 1. The van der Waals surface area contributed by atoms with E-state index in [0.717, 1.165) is 23.3 Å². The SMILES string of the molecule is CNCCS(=O)(=O)N1CC[C@@H](C)[C@@H](Nc2ncnc3[nH]ccc23)C1. The van der Waals surface area contributed by atoms with E-state index in [-0.39, 0.29) is 11.8 Å². The number of nitrogens with one attached hydrogen (secondary N) is 3. The van der Waals surface area contributed by atoms with Crippen molar-refractivity contribution in [3.05, 3.63) is 18.6 Å².